The maximum Gasteiger partial charge on any atom is 0.225 e. The quantitative estimate of drug-likeness (QED) is 0.0242. The average Bonchev–Trinajstić information content (AvgIpc) is 1.64. The third-order valence-electron chi connectivity index (χ3n) is 33.1. The van der Waals surface area contributed by atoms with Crippen LogP contribution < -0.4 is 36.1 Å². The van der Waals surface area contributed by atoms with E-state index in [0.717, 1.165) is 122 Å². The maximum absolute atomic E-state index is 6.47. The second-order valence-corrected chi connectivity index (χ2v) is 48.2. The van der Waals surface area contributed by atoms with Crippen LogP contribution in [0.15, 0.2) is 183 Å². The maximum atomic E-state index is 6.47. The normalized spacial score (nSPS) is 21.4. The van der Waals surface area contributed by atoms with Gasteiger partial charge in [-0.2, -0.15) is 0 Å². The van der Waals surface area contributed by atoms with Gasteiger partial charge in [-0.15, -0.1) is 56.7 Å². The summed E-state index contributed by atoms with van der Waals surface area (Å²) in [7, 11) is 4.60. The van der Waals surface area contributed by atoms with Gasteiger partial charge >= 0.3 is 0 Å². The summed E-state index contributed by atoms with van der Waals surface area (Å²) in [5.41, 5.74) is 14.6. The number of aryl methyl sites for hydroxylation is 13. The summed E-state index contributed by atoms with van der Waals surface area (Å²) in [6, 6.07) is 59.0. The number of thiophene rings is 5. The second-order valence-electron chi connectivity index (χ2n) is 42.8. The predicted molar refractivity (Wildman–Crippen MR) is 608 cm³/mol. The molecule has 10 aliphatic carbocycles. The van der Waals surface area contributed by atoms with E-state index in [0.29, 0.717) is 42.3 Å². The summed E-state index contributed by atoms with van der Waals surface area (Å²) in [6.45, 7) is 8.95. The fourth-order valence-electron chi connectivity index (χ4n) is 25.0. The minimum absolute atomic E-state index is 0.275. The van der Waals surface area contributed by atoms with E-state index in [-0.39, 0.29) is 12.2 Å². The largest absolute Gasteiger partial charge is 0.474 e. The lowest BCUT2D eigenvalue weighted by Gasteiger charge is -2.36. The van der Waals surface area contributed by atoms with E-state index in [2.05, 4.69) is 264 Å². The number of aromatic nitrogens is 10. The van der Waals surface area contributed by atoms with Gasteiger partial charge in [0.05, 0.1) is 26.9 Å². The first-order valence-electron chi connectivity index (χ1n) is 55.8. The fourth-order valence-corrected chi connectivity index (χ4v) is 31.1. The lowest BCUT2D eigenvalue weighted by atomic mass is 9.90. The molecule has 0 bridgehead atoms. The number of ether oxygens (including phenoxy) is 2. The van der Waals surface area contributed by atoms with Crippen LogP contribution >= 0.6 is 56.7 Å². The third-order valence-corrected chi connectivity index (χ3v) is 39.1. The number of nitrogens with zero attached hydrogens (tertiary/aromatic N) is 13. The van der Waals surface area contributed by atoms with Crippen LogP contribution in [0.25, 0.3) is 51.1 Å². The molecule has 10 aromatic heterocycles. The highest BCUT2D eigenvalue weighted by molar-refractivity contribution is 7.20. The summed E-state index contributed by atoms with van der Waals surface area (Å²) < 4.78 is 12.9. The molecular weight excluding hydrogens is 1900 g/mol. The highest BCUT2D eigenvalue weighted by atomic mass is 32.1. The zero-order valence-corrected chi connectivity index (χ0v) is 90.3. The smallest absolute Gasteiger partial charge is 0.225 e. The Labute approximate surface area is 884 Å². The van der Waals surface area contributed by atoms with Crippen LogP contribution in [0.5, 0.6) is 11.8 Å². The number of hydrogen-bond acceptors (Lipinski definition) is 25. The number of anilines is 3. The molecule has 146 heavy (non-hydrogen) atoms. The number of nitrogens with one attached hydrogen (secondary N) is 5. The fraction of sp³-hybridized carbons (Fsp3) is 0.504. The minimum atomic E-state index is 0.275. The van der Waals surface area contributed by atoms with Gasteiger partial charge in [0, 0.05) is 79.3 Å². The van der Waals surface area contributed by atoms with Crippen LogP contribution in [0.4, 0.5) is 17.5 Å². The molecule has 25 rings (SSSR count). The van der Waals surface area contributed by atoms with Crippen molar-refractivity contribution in [2.24, 2.45) is 0 Å². The molecular formula is C121H150N18O2S5. The van der Waals surface area contributed by atoms with Crippen LogP contribution in [0.3, 0.4) is 0 Å². The SMILES string of the molecule is CCN(Cc1ccccc1)C1CCC(Oc2ncnc3sc4c(c23)CCC4)CC1.CN(CCCc1ccccc1)C1CCC(Nc2ncnc3sc4c(c23)CCC4)CC1.CN(CCCc1ccccc1)C1CCC(Oc2ncnc3sc4c(c23)CCC4)CC1.c1ccc(CCCNC2CCC(Nc3ncnc4sc5c(c34)CCC5)CC2)cc1.c1ccc(CCNC2CCC(Nc3ncnc4sc5c(c34)CCC5)CC2)cc1. The number of benzene rings is 5. The summed E-state index contributed by atoms with van der Waals surface area (Å²) in [5.74, 6) is 4.89. The first-order chi connectivity index (χ1) is 72.1. The van der Waals surface area contributed by atoms with E-state index in [1.807, 2.05) is 56.7 Å². The van der Waals surface area contributed by atoms with Crippen molar-refractivity contribution in [3.8, 4) is 11.8 Å². The van der Waals surface area contributed by atoms with Crippen LogP contribution in [-0.4, -0.2) is 172 Å². The molecule has 0 aliphatic heterocycles. The van der Waals surface area contributed by atoms with Crippen LogP contribution in [0.1, 0.15) is 267 Å². The Kier molecular flexibility index (Phi) is 35.3. The Balaban J connectivity index is 0.000000107. The topological polar surface area (TPSA) is 217 Å². The molecule has 25 heteroatoms. The average molecular weight is 2050 g/mol. The Morgan fingerprint density at radius 3 is 0.932 bits per heavy atom. The van der Waals surface area contributed by atoms with E-state index in [1.54, 1.807) is 31.6 Å². The van der Waals surface area contributed by atoms with Gasteiger partial charge in [-0.3, -0.25) is 4.90 Å². The zero-order valence-electron chi connectivity index (χ0n) is 86.2. The predicted octanol–water partition coefficient (Wildman–Crippen LogP) is 26.2. The van der Waals surface area contributed by atoms with Gasteiger partial charge in [-0.1, -0.05) is 159 Å². The molecule has 5 saturated carbocycles. The lowest BCUT2D eigenvalue weighted by molar-refractivity contribution is 0.0850. The second kappa shape index (κ2) is 50.6. The standard InChI is InChI=1S/C25H32N4S.C25H31N3OS.C24H30N4S.C24H29N3OS.C23H28N4S/c1-29(16-6-9-18-7-3-2-4-8-18)20-14-12-19(13-15-20)28-24-23-21-10-5-11-22(21)30-25(23)27-17-26-24;1-28(16-6-9-18-7-3-2-4-8-18)19-12-14-20(15-13-19)29-24-23-21-10-5-11-22(21)30-25(23)27-17-26-24;1-2-6-17(7-3-1)8-5-15-25-18-11-13-19(14-12-18)28-23-22-20-9-4-10-21(20)29-24(22)27-16-26-23;1-2-27(15-17-7-4-3-5-8-17)18-11-13-19(14-12-18)28-23-22-20-9-6-10-21(20)29-24(22)26-16-25-23;1-2-5-16(6-3-1)13-14-24-17-9-11-18(12-10-17)27-22-21-19-7-4-8-20(19)28-23(21)26-15-25-22/h2-4,7-8,17,19-20H,5-6,9-16H2,1H3,(H,26,27,28);2-4,7-8,17,19-20H,5-6,9-16H2,1H3;1-3,6-7,16,18-19,25H,4-5,8-15H2,(H,26,27,28);3-5,7-8,16,18-19H,2,6,9-15H2,1H3;1-3,5-6,15,17-18,24H,4,7-14H2,(H,25,26,27). The first kappa shape index (κ1) is 102. The first-order valence-corrected chi connectivity index (χ1v) is 59.9. The monoisotopic (exact) mass is 2050 g/mol. The van der Waals surface area contributed by atoms with Gasteiger partial charge in [0.15, 0.2) is 0 Å². The van der Waals surface area contributed by atoms with Gasteiger partial charge in [-0.25, -0.2) is 49.8 Å². The molecule has 10 heterocycles. The lowest BCUT2D eigenvalue weighted by Crippen LogP contribution is -2.39. The van der Waals surface area contributed by atoms with Crippen LogP contribution in [-0.2, 0) is 96.4 Å². The molecule has 0 atom stereocenters. The molecule has 0 radical (unpaired) electrons. The van der Waals surface area contributed by atoms with Crippen molar-refractivity contribution in [2.45, 2.75) is 344 Å². The number of fused-ring (bicyclic) bond motifs is 15. The van der Waals surface area contributed by atoms with Crippen molar-refractivity contribution < 1.29 is 9.47 Å². The summed E-state index contributed by atoms with van der Waals surface area (Å²) in [5, 5.41) is 25.2. The van der Waals surface area contributed by atoms with Gasteiger partial charge in [-0.05, 0) is 372 Å². The van der Waals surface area contributed by atoms with Crippen molar-refractivity contribution in [3.05, 3.63) is 263 Å². The highest BCUT2D eigenvalue weighted by Gasteiger charge is 2.35. The molecule has 0 amide bonds. The van der Waals surface area contributed by atoms with Gasteiger partial charge < -0.3 is 45.9 Å². The Morgan fingerprint density at radius 2 is 0.575 bits per heavy atom. The van der Waals surface area contributed by atoms with Crippen LogP contribution in [0, 0.1) is 0 Å². The minimum Gasteiger partial charge on any atom is -0.474 e. The number of hydrogen-bond donors (Lipinski definition) is 5. The summed E-state index contributed by atoms with van der Waals surface area (Å²) >= 11 is 9.28. The van der Waals surface area contributed by atoms with E-state index in [1.165, 1.54) is 353 Å². The van der Waals surface area contributed by atoms with Crippen molar-refractivity contribution >= 4 is 125 Å². The van der Waals surface area contributed by atoms with Crippen molar-refractivity contribution in [2.75, 3.05) is 62.8 Å². The van der Waals surface area contributed by atoms with E-state index >= 15 is 0 Å². The van der Waals surface area contributed by atoms with Gasteiger partial charge in [0.2, 0.25) is 11.8 Å². The van der Waals surface area contributed by atoms with Gasteiger partial charge in [0.25, 0.3) is 0 Å². The molecule has 0 unspecified atom stereocenters. The third kappa shape index (κ3) is 25.9. The van der Waals surface area contributed by atoms with E-state index < -0.39 is 0 Å². The molecule has 5 fully saturated rings. The van der Waals surface area contributed by atoms with Gasteiger partial charge in [0.1, 0.15) is 85.5 Å². The molecule has 15 aromatic rings. The summed E-state index contributed by atoms with van der Waals surface area (Å²) in [4.78, 5) is 66.7. The Hall–Kier alpha value is -9.90. The van der Waals surface area contributed by atoms with Crippen molar-refractivity contribution in [1.29, 1.82) is 0 Å². The summed E-state index contributed by atoms with van der Waals surface area (Å²) in [6.07, 6.45) is 59.8. The van der Waals surface area contributed by atoms with Crippen molar-refractivity contribution in [1.82, 2.24) is 75.2 Å². The Bertz CT molecular complexity index is 6480. The molecule has 5 aromatic carbocycles. The molecule has 5 N–H and O–H groups in total. The molecule has 20 nitrogen and oxygen atoms in total. The van der Waals surface area contributed by atoms with E-state index in [4.69, 9.17) is 9.47 Å². The molecule has 0 saturated heterocycles. The van der Waals surface area contributed by atoms with E-state index in [9.17, 15) is 0 Å². The molecule has 10 aliphatic rings. The Morgan fingerprint density at radius 1 is 0.288 bits per heavy atom. The molecule has 766 valence electrons. The molecule has 0 spiro atoms. The zero-order chi connectivity index (χ0) is 98.5. The highest BCUT2D eigenvalue weighted by Crippen LogP contribution is 2.47. The number of rotatable bonds is 33. The van der Waals surface area contributed by atoms with Crippen molar-refractivity contribution in [3.63, 3.8) is 0 Å². The van der Waals surface area contributed by atoms with Crippen LogP contribution in [0.2, 0.25) is 0 Å².